The highest BCUT2D eigenvalue weighted by Gasteiger charge is 2.10. The maximum atomic E-state index is 5.89. The van der Waals surface area contributed by atoms with Gasteiger partial charge in [-0.3, -0.25) is 0 Å². The Balaban J connectivity index is 2.07. The number of rotatable bonds is 3. The summed E-state index contributed by atoms with van der Waals surface area (Å²) >= 11 is 0. The Labute approximate surface area is 115 Å². The fourth-order valence-electron chi connectivity index (χ4n) is 2.03. The molecule has 1 heterocycles. The van der Waals surface area contributed by atoms with Crippen molar-refractivity contribution in [3.8, 4) is 23.0 Å². The van der Waals surface area contributed by atoms with Crippen LogP contribution in [0.1, 0.15) is 0 Å². The van der Waals surface area contributed by atoms with Crippen molar-refractivity contribution in [2.45, 2.75) is 0 Å². The van der Waals surface area contributed by atoms with Gasteiger partial charge in [-0.15, -0.1) is 0 Å². The van der Waals surface area contributed by atoms with Crippen LogP contribution in [0.4, 0.5) is 5.69 Å². The number of anilines is 1. The van der Waals surface area contributed by atoms with Crippen LogP contribution in [0.3, 0.4) is 0 Å². The van der Waals surface area contributed by atoms with E-state index < -0.39 is 0 Å². The number of nitrogen functional groups attached to an aromatic ring is 1. The van der Waals surface area contributed by atoms with Gasteiger partial charge >= 0.3 is 0 Å². The number of methoxy groups -OCH3 is 2. The third-order valence-electron chi connectivity index (χ3n) is 3.07. The second-order valence-corrected chi connectivity index (χ2v) is 4.31. The van der Waals surface area contributed by atoms with E-state index in [9.17, 15) is 0 Å². The minimum Gasteiger partial charge on any atom is -0.497 e. The highest BCUT2D eigenvalue weighted by atomic mass is 16.5. The van der Waals surface area contributed by atoms with Crippen LogP contribution in [0, 0.1) is 0 Å². The standard InChI is InChI=1S/C15H14N2O3/c1-18-10-4-6-14-12(8-10)17-15(20-14)9-3-5-13(19-2)11(16)7-9/h3-8H,16H2,1-2H3. The number of oxazole rings is 1. The van der Waals surface area contributed by atoms with Crippen LogP contribution in [-0.4, -0.2) is 19.2 Å². The maximum Gasteiger partial charge on any atom is 0.227 e. The van der Waals surface area contributed by atoms with Gasteiger partial charge in [-0.1, -0.05) is 0 Å². The van der Waals surface area contributed by atoms with Crippen molar-refractivity contribution < 1.29 is 13.9 Å². The summed E-state index contributed by atoms with van der Waals surface area (Å²) in [5.41, 5.74) is 8.69. The summed E-state index contributed by atoms with van der Waals surface area (Å²) in [4.78, 5) is 4.45. The Morgan fingerprint density at radius 1 is 1.05 bits per heavy atom. The second kappa shape index (κ2) is 4.77. The largest absolute Gasteiger partial charge is 0.497 e. The second-order valence-electron chi connectivity index (χ2n) is 4.31. The van der Waals surface area contributed by atoms with Gasteiger partial charge in [0.1, 0.15) is 17.0 Å². The zero-order chi connectivity index (χ0) is 14.1. The molecule has 0 aliphatic heterocycles. The first-order chi connectivity index (χ1) is 9.71. The van der Waals surface area contributed by atoms with Gasteiger partial charge in [0.25, 0.3) is 0 Å². The molecule has 0 radical (unpaired) electrons. The van der Waals surface area contributed by atoms with Crippen LogP contribution in [0.15, 0.2) is 40.8 Å². The van der Waals surface area contributed by atoms with Crippen molar-refractivity contribution in [3.05, 3.63) is 36.4 Å². The molecular weight excluding hydrogens is 256 g/mol. The van der Waals surface area contributed by atoms with E-state index in [1.165, 1.54) is 0 Å². The normalized spacial score (nSPS) is 10.7. The summed E-state index contributed by atoms with van der Waals surface area (Å²) in [5.74, 6) is 1.89. The van der Waals surface area contributed by atoms with Gasteiger partial charge in [0.15, 0.2) is 5.58 Å². The molecule has 0 unspecified atom stereocenters. The molecule has 3 rings (SSSR count). The molecule has 0 fully saturated rings. The average molecular weight is 270 g/mol. The van der Waals surface area contributed by atoms with Crippen molar-refractivity contribution in [1.29, 1.82) is 0 Å². The number of fused-ring (bicyclic) bond motifs is 1. The van der Waals surface area contributed by atoms with E-state index in [1.807, 2.05) is 24.3 Å². The first kappa shape index (κ1) is 12.3. The quantitative estimate of drug-likeness (QED) is 0.740. The van der Waals surface area contributed by atoms with Crippen molar-refractivity contribution >= 4 is 16.8 Å². The Kier molecular flexibility index (Phi) is 2.95. The number of aromatic nitrogens is 1. The lowest BCUT2D eigenvalue weighted by Crippen LogP contribution is -1.92. The summed E-state index contributed by atoms with van der Waals surface area (Å²) in [6.07, 6.45) is 0. The lowest BCUT2D eigenvalue weighted by atomic mass is 10.2. The van der Waals surface area contributed by atoms with Crippen molar-refractivity contribution in [3.63, 3.8) is 0 Å². The Bertz CT molecular complexity index is 765. The van der Waals surface area contributed by atoms with E-state index in [0.717, 1.165) is 16.8 Å². The Morgan fingerprint density at radius 2 is 1.90 bits per heavy atom. The summed E-state index contributed by atoms with van der Waals surface area (Å²) in [6.45, 7) is 0. The molecule has 0 saturated heterocycles. The topological polar surface area (TPSA) is 70.5 Å². The molecule has 0 amide bonds. The molecule has 3 aromatic rings. The summed E-state index contributed by atoms with van der Waals surface area (Å²) < 4.78 is 16.0. The predicted molar refractivity (Wildman–Crippen MR) is 77.0 cm³/mol. The minimum absolute atomic E-state index is 0.516. The highest BCUT2D eigenvalue weighted by molar-refractivity contribution is 5.78. The van der Waals surface area contributed by atoms with Gasteiger partial charge in [-0.2, -0.15) is 0 Å². The number of nitrogens with zero attached hydrogens (tertiary/aromatic N) is 1. The predicted octanol–water partition coefficient (Wildman–Crippen LogP) is 3.09. The first-order valence-electron chi connectivity index (χ1n) is 6.09. The van der Waals surface area contributed by atoms with Crippen LogP contribution in [0.5, 0.6) is 11.5 Å². The van der Waals surface area contributed by atoms with Crippen LogP contribution < -0.4 is 15.2 Å². The molecule has 2 aromatic carbocycles. The molecule has 5 heteroatoms. The van der Waals surface area contributed by atoms with Crippen molar-refractivity contribution in [2.75, 3.05) is 20.0 Å². The zero-order valence-electron chi connectivity index (χ0n) is 11.2. The highest BCUT2D eigenvalue weighted by Crippen LogP contribution is 2.30. The average Bonchev–Trinajstić information content (AvgIpc) is 2.89. The van der Waals surface area contributed by atoms with Gasteiger partial charge in [-0.25, -0.2) is 4.98 Å². The Hall–Kier alpha value is -2.69. The zero-order valence-corrected chi connectivity index (χ0v) is 11.2. The molecule has 20 heavy (non-hydrogen) atoms. The fourth-order valence-corrected chi connectivity index (χ4v) is 2.03. The first-order valence-corrected chi connectivity index (χ1v) is 6.09. The smallest absolute Gasteiger partial charge is 0.227 e. The molecule has 0 bridgehead atoms. The molecule has 102 valence electrons. The van der Waals surface area contributed by atoms with E-state index in [0.29, 0.717) is 22.9 Å². The molecule has 0 aliphatic carbocycles. The minimum atomic E-state index is 0.516. The van der Waals surface area contributed by atoms with E-state index in [1.54, 1.807) is 26.4 Å². The lowest BCUT2D eigenvalue weighted by molar-refractivity contribution is 0.415. The van der Waals surface area contributed by atoms with Gasteiger partial charge in [0.2, 0.25) is 5.89 Å². The molecule has 0 atom stereocenters. The van der Waals surface area contributed by atoms with E-state index in [2.05, 4.69) is 4.98 Å². The third kappa shape index (κ3) is 2.03. The number of hydrogen-bond acceptors (Lipinski definition) is 5. The van der Waals surface area contributed by atoms with Crippen LogP contribution >= 0.6 is 0 Å². The third-order valence-corrected chi connectivity index (χ3v) is 3.07. The van der Waals surface area contributed by atoms with Crippen LogP contribution in [0.2, 0.25) is 0 Å². The van der Waals surface area contributed by atoms with Crippen LogP contribution in [-0.2, 0) is 0 Å². The number of ether oxygens (including phenoxy) is 2. The summed E-state index contributed by atoms with van der Waals surface area (Å²) in [6, 6.07) is 10.9. The molecule has 0 aliphatic rings. The summed E-state index contributed by atoms with van der Waals surface area (Å²) in [5, 5.41) is 0. The molecular formula is C15H14N2O3. The van der Waals surface area contributed by atoms with Gasteiger partial charge < -0.3 is 19.6 Å². The molecule has 0 saturated carbocycles. The Morgan fingerprint density at radius 3 is 2.60 bits per heavy atom. The number of hydrogen-bond donors (Lipinski definition) is 1. The summed E-state index contributed by atoms with van der Waals surface area (Å²) in [7, 11) is 3.20. The van der Waals surface area contributed by atoms with Gasteiger partial charge in [0, 0.05) is 11.6 Å². The number of benzene rings is 2. The van der Waals surface area contributed by atoms with E-state index in [-0.39, 0.29) is 0 Å². The fraction of sp³-hybridized carbons (Fsp3) is 0.133. The molecule has 2 N–H and O–H groups in total. The molecule has 5 nitrogen and oxygen atoms in total. The van der Waals surface area contributed by atoms with E-state index >= 15 is 0 Å². The van der Waals surface area contributed by atoms with Crippen molar-refractivity contribution in [1.82, 2.24) is 4.98 Å². The molecule has 0 spiro atoms. The van der Waals surface area contributed by atoms with E-state index in [4.69, 9.17) is 19.6 Å². The maximum absolute atomic E-state index is 5.89. The SMILES string of the molecule is COc1ccc2oc(-c3ccc(OC)c(N)c3)nc2c1. The number of nitrogens with two attached hydrogens (primary N) is 1. The van der Waals surface area contributed by atoms with Gasteiger partial charge in [0.05, 0.1) is 19.9 Å². The van der Waals surface area contributed by atoms with Gasteiger partial charge in [-0.05, 0) is 30.3 Å². The monoisotopic (exact) mass is 270 g/mol. The molecule has 1 aromatic heterocycles. The van der Waals surface area contributed by atoms with Crippen LogP contribution in [0.25, 0.3) is 22.6 Å². The lowest BCUT2D eigenvalue weighted by Gasteiger charge is -2.04. The van der Waals surface area contributed by atoms with Crippen molar-refractivity contribution in [2.24, 2.45) is 0 Å².